The Balaban J connectivity index is 1.81. The van der Waals surface area contributed by atoms with Gasteiger partial charge in [-0.15, -0.1) is 10.2 Å². The Bertz CT molecular complexity index is 866. The van der Waals surface area contributed by atoms with Crippen LogP contribution in [0.1, 0.15) is 36.0 Å². The van der Waals surface area contributed by atoms with E-state index in [1.165, 1.54) is 18.5 Å². The number of nitro benzene ring substituents is 1. The number of aryl methyl sites for hydroxylation is 1. The average Bonchev–Trinajstić information content (AvgIpc) is 3.02. The molecular formula is C16H16N4O5S. The maximum atomic E-state index is 12.3. The molecule has 1 aromatic carbocycles. The number of carbonyl (C=O) groups excluding carboxylic acids is 2. The molecule has 3 rings (SSSR count). The monoisotopic (exact) mass is 376 g/mol. The third-order valence-electron chi connectivity index (χ3n) is 4.01. The summed E-state index contributed by atoms with van der Waals surface area (Å²) in [5.41, 5.74) is -0.195. The summed E-state index contributed by atoms with van der Waals surface area (Å²) in [6.07, 6.45) is 3.23. The number of hydrogen-bond donors (Lipinski definition) is 0. The van der Waals surface area contributed by atoms with Gasteiger partial charge in [0.2, 0.25) is 0 Å². The summed E-state index contributed by atoms with van der Waals surface area (Å²) >= 11 is 1.07. The fraction of sp³-hybridized carbons (Fsp3) is 0.375. The zero-order valence-corrected chi connectivity index (χ0v) is 14.8. The summed E-state index contributed by atoms with van der Waals surface area (Å²) in [6.45, 7) is 0. The first-order valence-corrected chi connectivity index (χ1v) is 8.81. The summed E-state index contributed by atoms with van der Waals surface area (Å²) in [7, 11) is 1.72. The molecule has 2 aromatic rings. The Morgan fingerprint density at radius 2 is 2.23 bits per heavy atom. The van der Waals surface area contributed by atoms with Crippen molar-refractivity contribution in [1.82, 2.24) is 14.8 Å². The summed E-state index contributed by atoms with van der Waals surface area (Å²) in [5.74, 6) is -0.836. The quantitative estimate of drug-likeness (QED) is 0.444. The number of esters is 1. The lowest BCUT2D eigenvalue weighted by atomic mass is 9.96. The van der Waals surface area contributed by atoms with Gasteiger partial charge in [-0.2, -0.15) is 0 Å². The van der Waals surface area contributed by atoms with E-state index >= 15 is 0 Å². The average molecular weight is 376 g/mol. The number of ether oxygens (including phenoxy) is 1. The third-order valence-corrected chi connectivity index (χ3v) is 5.13. The van der Waals surface area contributed by atoms with Gasteiger partial charge in [0, 0.05) is 19.5 Å². The van der Waals surface area contributed by atoms with Gasteiger partial charge < -0.3 is 9.30 Å². The van der Waals surface area contributed by atoms with Crippen molar-refractivity contribution in [3.05, 3.63) is 40.2 Å². The zero-order valence-electron chi connectivity index (χ0n) is 14.0. The summed E-state index contributed by atoms with van der Waals surface area (Å²) < 4.78 is 6.88. The molecule has 0 bridgehead atoms. The van der Waals surface area contributed by atoms with E-state index in [1.54, 1.807) is 11.6 Å². The molecule has 0 unspecified atom stereocenters. The molecule has 1 aromatic heterocycles. The third kappa shape index (κ3) is 3.90. The predicted molar refractivity (Wildman–Crippen MR) is 90.9 cm³/mol. The highest BCUT2D eigenvalue weighted by molar-refractivity contribution is 7.99. The number of hydrogen-bond acceptors (Lipinski definition) is 8. The molecule has 1 saturated carbocycles. The number of ketones is 1. The van der Waals surface area contributed by atoms with Crippen LogP contribution >= 0.6 is 11.8 Å². The molecule has 1 aliphatic rings. The molecule has 1 fully saturated rings. The fourth-order valence-electron chi connectivity index (χ4n) is 2.61. The molecule has 0 N–H and O–H groups in total. The highest BCUT2D eigenvalue weighted by Crippen LogP contribution is 2.34. The van der Waals surface area contributed by atoms with Crippen LogP contribution in [0.15, 0.2) is 34.6 Å². The summed E-state index contributed by atoms with van der Waals surface area (Å²) in [6, 6.07) is 4.08. The minimum Gasteiger partial charge on any atom is -0.451 e. The normalized spacial score (nSPS) is 17.1. The van der Waals surface area contributed by atoms with Gasteiger partial charge in [0.15, 0.2) is 17.0 Å². The number of carbonyl (C=O) groups is 2. The largest absolute Gasteiger partial charge is 0.451 e. The van der Waals surface area contributed by atoms with Gasteiger partial charge in [-0.25, -0.2) is 4.79 Å². The number of Topliss-reactive ketones (excluding diaryl/α,β-unsaturated/α-hetero) is 1. The van der Waals surface area contributed by atoms with E-state index in [1.807, 2.05) is 0 Å². The van der Waals surface area contributed by atoms with Crippen LogP contribution in [0, 0.1) is 10.1 Å². The second-order valence-electron chi connectivity index (χ2n) is 5.87. The minimum atomic E-state index is -0.761. The fourth-order valence-corrected chi connectivity index (χ4v) is 3.46. The van der Waals surface area contributed by atoms with Gasteiger partial charge in [-0.1, -0.05) is 0 Å². The first kappa shape index (κ1) is 18.1. The number of nitro groups is 1. The van der Waals surface area contributed by atoms with Gasteiger partial charge in [-0.3, -0.25) is 14.9 Å². The van der Waals surface area contributed by atoms with Crippen molar-refractivity contribution < 1.29 is 19.2 Å². The molecular weight excluding hydrogens is 360 g/mol. The number of aromatic nitrogens is 3. The second kappa shape index (κ2) is 7.65. The van der Waals surface area contributed by atoms with E-state index < -0.39 is 17.0 Å². The highest BCUT2D eigenvalue weighted by Gasteiger charge is 2.27. The molecule has 0 amide bonds. The van der Waals surface area contributed by atoms with Crippen molar-refractivity contribution in [3.63, 3.8) is 0 Å². The number of benzene rings is 1. The Morgan fingerprint density at radius 1 is 1.42 bits per heavy atom. The standard InChI is InChI=1S/C16H16N4O5S/c1-19-9-17-18-16(19)26-14-7-6-10(8-11(14)20(23)24)15(22)25-13-5-3-2-4-12(13)21/h6-9,13H,2-5H2,1H3/t13-/m1/s1. The van der Waals surface area contributed by atoms with E-state index in [0.717, 1.165) is 30.7 Å². The number of nitrogens with zero attached hydrogens (tertiary/aromatic N) is 4. The Labute approximate surface area is 152 Å². The van der Waals surface area contributed by atoms with Crippen molar-refractivity contribution in [3.8, 4) is 0 Å². The van der Waals surface area contributed by atoms with Crippen LogP contribution in [0.3, 0.4) is 0 Å². The van der Waals surface area contributed by atoms with Crippen molar-refractivity contribution in [2.45, 2.75) is 41.8 Å². The second-order valence-corrected chi connectivity index (χ2v) is 6.88. The van der Waals surface area contributed by atoms with Crippen molar-refractivity contribution in [2.75, 3.05) is 0 Å². The van der Waals surface area contributed by atoms with Crippen LogP contribution in [0.4, 0.5) is 5.69 Å². The van der Waals surface area contributed by atoms with Gasteiger partial charge in [0.05, 0.1) is 15.4 Å². The highest BCUT2D eigenvalue weighted by atomic mass is 32.2. The lowest BCUT2D eigenvalue weighted by Gasteiger charge is -2.20. The van der Waals surface area contributed by atoms with Crippen molar-refractivity contribution >= 4 is 29.2 Å². The van der Waals surface area contributed by atoms with E-state index in [2.05, 4.69) is 10.2 Å². The van der Waals surface area contributed by atoms with E-state index in [9.17, 15) is 19.7 Å². The molecule has 26 heavy (non-hydrogen) atoms. The summed E-state index contributed by atoms with van der Waals surface area (Å²) in [5, 5.41) is 19.5. The van der Waals surface area contributed by atoms with Crippen LogP contribution in [0.25, 0.3) is 0 Å². The van der Waals surface area contributed by atoms with Crippen LogP contribution < -0.4 is 0 Å². The molecule has 0 radical (unpaired) electrons. The summed E-state index contributed by atoms with van der Waals surface area (Å²) in [4.78, 5) is 35.2. The number of rotatable bonds is 5. The molecule has 1 atom stereocenters. The Morgan fingerprint density at radius 3 is 2.88 bits per heavy atom. The van der Waals surface area contributed by atoms with Crippen LogP contribution in [0.2, 0.25) is 0 Å². The van der Waals surface area contributed by atoms with Crippen LogP contribution in [0.5, 0.6) is 0 Å². The van der Waals surface area contributed by atoms with Crippen LogP contribution in [-0.4, -0.2) is 37.5 Å². The van der Waals surface area contributed by atoms with Gasteiger partial charge >= 0.3 is 5.97 Å². The maximum absolute atomic E-state index is 12.3. The Kier molecular flexibility index (Phi) is 5.31. The van der Waals surface area contributed by atoms with E-state index in [4.69, 9.17) is 4.74 Å². The topological polar surface area (TPSA) is 117 Å². The van der Waals surface area contributed by atoms with Crippen LogP contribution in [-0.2, 0) is 16.6 Å². The predicted octanol–water partition coefficient (Wildman–Crippen LogP) is 2.54. The molecule has 10 heteroatoms. The van der Waals surface area contributed by atoms with Crippen molar-refractivity contribution in [2.24, 2.45) is 7.05 Å². The Hall–Kier alpha value is -2.75. The van der Waals surface area contributed by atoms with Crippen molar-refractivity contribution in [1.29, 1.82) is 0 Å². The molecule has 0 spiro atoms. The first-order valence-electron chi connectivity index (χ1n) is 7.99. The van der Waals surface area contributed by atoms with E-state index in [0.29, 0.717) is 22.9 Å². The zero-order chi connectivity index (χ0) is 18.7. The molecule has 0 aliphatic heterocycles. The van der Waals surface area contributed by atoms with Gasteiger partial charge in [0.1, 0.15) is 6.33 Å². The van der Waals surface area contributed by atoms with Gasteiger partial charge in [-0.05, 0) is 43.2 Å². The first-order chi connectivity index (χ1) is 12.5. The minimum absolute atomic E-state index is 0.0392. The van der Waals surface area contributed by atoms with E-state index in [-0.39, 0.29) is 17.0 Å². The molecule has 1 aliphatic carbocycles. The maximum Gasteiger partial charge on any atom is 0.339 e. The molecule has 9 nitrogen and oxygen atoms in total. The molecule has 1 heterocycles. The lowest BCUT2D eigenvalue weighted by Crippen LogP contribution is -2.30. The SMILES string of the molecule is Cn1cnnc1Sc1ccc(C(=O)O[C@@H]2CCCCC2=O)cc1[N+](=O)[O-]. The van der Waals surface area contributed by atoms with Gasteiger partial charge in [0.25, 0.3) is 5.69 Å². The lowest BCUT2D eigenvalue weighted by molar-refractivity contribution is -0.387. The molecule has 136 valence electrons. The molecule has 0 saturated heterocycles. The smallest absolute Gasteiger partial charge is 0.339 e.